The number of hydrogen-bond acceptors (Lipinski definition) is 5. The molecule has 1 N–H and O–H groups in total. The van der Waals surface area contributed by atoms with Gasteiger partial charge in [0.1, 0.15) is 0 Å². The highest BCUT2D eigenvalue weighted by molar-refractivity contribution is 8.13. The summed E-state index contributed by atoms with van der Waals surface area (Å²) < 4.78 is 0. The minimum atomic E-state index is 0.841. The number of benzene rings is 1. The zero-order valence-corrected chi connectivity index (χ0v) is 9.66. The van der Waals surface area contributed by atoms with Crippen LogP contribution in [0.4, 0.5) is 5.69 Å². The van der Waals surface area contributed by atoms with Crippen molar-refractivity contribution in [3.8, 4) is 0 Å². The van der Waals surface area contributed by atoms with E-state index in [0.29, 0.717) is 0 Å². The summed E-state index contributed by atoms with van der Waals surface area (Å²) in [6.45, 7) is 2.90. The summed E-state index contributed by atoms with van der Waals surface area (Å²) in [5.41, 5.74) is 4.30. The van der Waals surface area contributed by atoms with Gasteiger partial charge in [0.25, 0.3) is 0 Å². The fourth-order valence-electron chi connectivity index (χ4n) is 1.35. The second-order valence-electron chi connectivity index (χ2n) is 3.07. The van der Waals surface area contributed by atoms with Crippen molar-refractivity contribution >= 4 is 22.6 Å². The zero-order valence-electron chi connectivity index (χ0n) is 8.84. The van der Waals surface area contributed by atoms with Crippen molar-refractivity contribution in [3.63, 3.8) is 0 Å². The van der Waals surface area contributed by atoms with Crippen LogP contribution in [0.15, 0.2) is 35.4 Å². The largest absolute Gasteiger partial charge is 0.233 e. The van der Waals surface area contributed by atoms with Gasteiger partial charge in [-0.05, 0) is 25.3 Å². The summed E-state index contributed by atoms with van der Waals surface area (Å²) in [4.78, 5) is 0. The third-order valence-electron chi connectivity index (χ3n) is 2.11. The van der Waals surface area contributed by atoms with Crippen LogP contribution in [0.5, 0.6) is 0 Å². The number of nitrogens with zero attached hydrogens (tertiary/aromatic N) is 3. The number of para-hydroxylation sites is 1. The average Bonchev–Trinajstić information content (AvgIpc) is 2.73. The van der Waals surface area contributed by atoms with Gasteiger partial charge in [-0.25, -0.2) is 10.1 Å². The molecular weight excluding hydrogens is 208 g/mol. The van der Waals surface area contributed by atoms with Crippen LogP contribution in [0.25, 0.3) is 0 Å². The highest BCUT2D eigenvalue weighted by atomic mass is 32.2. The zero-order chi connectivity index (χ0) is 10.7. The quantitative estimate of drug-likeness (QED) is 0.827. The molecule has 0 aliphatic carbocycles. The van der Waals surface area contributed by atoms with Crippen LogP contribution in [0.2, 0.25) is 0 Å². The number of rotatable bonds is 2. The Morgan fingerprint density at radius 1 is 1.33 bits per heavy atom. The predicted octanol–water partition coefficient (Wildman–Crippen LogP) is 1.88. The Hall–Kier alpha value is -1.20. The van der Waals surface area contributed by atoms with Gasteiger partial charge in [0, 0.05) is 0 Å². The van der Waals surface area contributed by atoms with E-state index in [1.807, 2.05) is 34.6 Å². The number of hydrogen-bond donors (Lipinski definition) is 1. The van der Waals surface area contributed by atoms with Crippen LogP contribution in [-0.4, -0.2) is 23.1 Å². The van der Waals surface area contributed by atoms with Gasteiger partial charge in [-0.3, -0.25) is 0 Å². The highest BCUT2D eigenvalue weighted by Crippen LogP contribution is 2.19. The molecule has 1 aromatic carbocycles. The summed E-state index contributed by atoms with van der Waals surface area (Å²) in [5.74, 6) is 0. The molecule has 0 aromatic heterocycles. The van der Waals surface area contributed by atoms with Gasteiger partial charge in [0.15, 0.2) is 0 Å². The Morgan fingerprint density at radius 3 is 2.67 bits per heavy atom. The van der Waals surface area contributed by atoms with Gasteiger partial charge >= 0.3 is 0 Å². The molecule has 5 heteroatoms. The molecule has 0 amide bonds. The fourth-order valence-corrected chi connectivity index (χ4v) is 1.86. The molecule has 80 valence electrons. The van der Waals surface area contributed by atoms with Gasteiger partial charge in [0.2, 0.25) is 5.17 Å². The Bertz CT molecular complexity index is 352. The van der Waals surface area contributed by atoms with E-state index in [4.69, 9.17) is 0 Å². The summed E-state index contributed by atoms with van der Waals surface area (Å²) in [5, 5.41) is 9.17. The van der Waals surface area contributed by atoms with Gasteiger partial charge in [-0.15, -0.1) is 10.6 Å². The SMILES string of the molecule is CCN1N=C(SC)N(c2ccccc2)N1. The van der Waals surface area contributed by atoms with E-state index < -0.39 is 0 Å². The molecule has 0 bridgehead atoms. The number of nitrogens with one attached hydrogen (secondary N) is 1. The summed E-state index contributed by atoms with van der Waals surface area (Å²) in [6.07, 6.45) is 2.02. The lowest BCUT2D eigenvalue weighted by atomic mass is 10.3. The molecule has 0 spiro atoms. The first-order chi connectivity index (χ1) is 7.35. The van der Waals surface area contributed by atoms with E-state index in [0.717, 1.165) is 17.4 Å². The van der Waals surface area contributed by atoms with Crippen LogP contribution in [0.3, 0.4) is 0 Å². The van der Waals surface area contributed by atoms with Crippen molar-refractivity contribution in [2.24, 2.45) is 5.10 Å². The Morgan fingerprint density at radius 2 is 2.07 bits per heavy atom. The predicted molar refractivity (Wildman–Crippen MR) is 65.4 cm³/mol. The van der Waals surface area contributed by atoms with Crippen LogP contribution in [0.1, 0.15) is 6.92 Å². The highest BCUT2D eigenvalue weighted by Gasteiger charge is 2.21. The van der Waals surface area contributed by atoms with Crippen molar-refractivity contribution < 1.29 is 0 Å². The van der Waals surface area contributed by atoms with Crippen LogP contribution in [-0.2, 0) is 0 Å². The van der Waals surface area contributed by atoms with E-state index in [1.165, 1.54) is 0 Å². The molecule has 0 saturated carbocycles. The van der Waals surface area contributed by atoms with Crippen molar-refractivity contribution in [3.05, 3.63) is 30.3 Å². The van der Waals surface area contributed by atoms with E-state index in [1.54, 1.807) is 11.8 Å². The molecule has 1 aliphatic heterocycles. The minimum absolute atomic E-state index is 0.841. The maximum atomic E-state index is 4.41. The van der Waals surface area contributed by atoms with E-state index in [-0.39, 0.29) is 0 Å². The number of hydrazine groups is 2. The monoisotopic (exact) mass is 222 g/mol. The number of hydrazone groups is 1. The van der Waals surface area contributed by atoms with Crippen LogP contribution < -0.4 is 10.5 Å². The van der Waals surface area contributed by atoms with Gasteiger partial charge < -0.3 is 0 Å². The normalized spacial score (nSPS) is 15.7. The van der Waals surface area contributed by atoms with E-state index >= 15 is 0 Å². The maximum Gasteiger partial charge on any atom is 0.205 e. The fraction of sp³-hybridized carbons (Fsp3) is 0.300. The lowest BCUT2D eigenvalue weighted by Gasteiger charge is -2.20. The first kappa shape index (κ1) is 10.3. The number of thioether (sulfide) groups is 1. The number of anilines is 1. The molecule has 0 atom stereocenters. The molecule has 0 fully saturated rings. The van der Waals surface area contributed by atoms with Crippen molar-refractivity contribution in [1.82, 2.24) is 10.7 Å². The number of amidine groups is 1. The Kier molecular flexibility index (Phi) is 3.13. The molecule has 15 heavy (non-hydrogen) atoms. The molecule has 0 unspecified atom stereocenters. The molecule has 4 nitrogen and oxygen atoms in total. The van der Waals surface area contributed by atoms with Crippen molar-refractivity contribution in [1.29, 1.82) is 0 Å². The van der Waals surface area contributed by atoms with Gasteiger partial charge in [-0.1, -0.05) is 30.0 Å². The standard InChI is InChI=1S/C10H14N4S/c1-3-13-11-10(15-2)14(12-13)9-7-5-4-6-8-9/h4-8,12H,3H2,1-2H3. The second kappa shape index (κ2) is 4.55. The molecule has 1 aliphatic rings. The lowest BCUT2D eigenvalue weighted by molar-refractivity contribution is 0.236. The summed E-state index contributed by atoms with van der Waals surface area (Å²) in [6, 6.07) is 10.1. The third kappa shape index (κ3) is 2.08. The molecule has 1 heterocycles. The van der Waals surface area contributed by atoms with Crippen LogP contribution >= 0.6 is 11.8 Å². The smallest absolute Gasteiger partial charge is 0.205 e. The topological polar surface area (TPSA) is 30.9 Å². The van der Waals surface area contributed by atoms with E-state index in [2.05, 4.69) is 29.7 Å². The molecule has 0 radical (unpaired) electrons. The van der Waals surface area contributed by atoms with Crippen molar-refractivity contribution in [2.75, 3.05) is 17.8 Å². The average molecular weight is 222 g/mol. The molecule has 1 aromatic rings. The summed E-state index contributed by atoms with van der Waals surface area (Å²) in [7, 11) is 0. The molecule has 2 rings (SSSR count). The van der Waals surface area contributed by atoms with Gasteiger partial charge in [-0.2, -0.15) is 0 Å². The third-order valence-corrected chi connectivity index (χ3v) is 2.74. The Balaban J connectivity index is 2.21. The van der Waals surface area contributed by atoms with Crippen molar-refractivity contribution in [2.45, 2.75) is 6.92 Å². The molecular formula is C10H14N4S. The first-order valence-corrected chi connectivity index (χ1v) is 6.09. The second-order valence-corrected chi connectivity index (χ2v) is 3.85. The van der Waals surface area contributed by atoms with E-state index in [9.17, 15) is 0 Å². The van der Waals surface area contributed by atoms with Gasteiger partial charge in [0.05, 0.1) is 12.2 Å². The maximum absolute atomic E-state index is 4.41. The Labute approximate surface area is 93.9 Å². The molecule has 0 saturated heterocycles. The lowest BCUT2D eigenvalue weighted by Crippen LogP contribution is -2.42. The summed E-state index contributed by atoms with van der Waals surface area (Å²) >= 11 is 1.63. The minimum Gasteiger partial charge on any atom is -0.233 e. The van der Waals surface area contributed by atoms with Crippen LogP contribution in [0, 0.1) is 0 Å². The first-order valence-electron chi connectivity index (χ1n) is 4.86.